The molecule has 1 saturated carbocycles. The summed E-state index contributed by atoms with van der Waals surface area (Å²) in [5.74, 6) is 0.200. The number of morpholine rings is 1. The number of benzene rings is 1. The molecule has 0 bridgehead atoms. The van der Waals surface area contributed by atoms with E-state index in [0.717, 1.165) is 50.6 Å². The highest BCUT2D eigenvalue weighted by Crippen LogP contribution is 2.26. The van der Waals surface area contributed by atoms with Crippen molar-refractivity contribution in [1.82, 2.24) is 10.2 Å². The lowest BCUT2D eigenvalue weighted by atomic mass is 10.0. The van der Waals surface area contributed by atoms with Crippen molar-refractivity contribution in [2.45, 2.75) is 31.3 Å². The molecule has 6 heteroatoms. The Labute approximate surface area is 148 Å². The first kappa shape index (κ1) is 17.7. The number of nitrogens with zero attached hydrogens (tertiary/aromatic N) is 1. The van der Waals surface area contributed by atoms with Crippen LogP contribution in [-0.4, -0.2) is 49.7 Å². The van der Waals surface area contributed by atoms with E-state index in [1.54, 1.807) is 0 Å². The Bertz CT molecular complexity index is 546. The SMILES string of the molecule is NC1CCC(C(=O)NCC(c2ccc(Cl)cc2)N2CCOCC2)C1. The van der Waals surface area contributed by atoms with E-state index in [9.17, 15) is 4.79 Å². The van der Waals surface area contributed by atoms with Crippen molar-refractivity contribution in [2.24, 2.45) is 11.7 Å². The van der Waals surface area contributed by atoms with Gasteiger partial charge in [-0.15, -0.1) is 0 Å². The third-order valence-electron chi connectivity index (χ3n) is 5.05. The fourth-order valence-electron chi connectivity index (χ4n) is 3.63. The molecule has 0 radical (unpaired) electrons. The fraction of sp³-hybridized carbons (Fsp3) is 0.611. The summed E-state index contributed by atoms with van der Waals surface area (Å²) in [5.41, 5.74) is 7.10. The Morgan fingerprint density at radius 3 is 2.62 bits per heavy atom. The van der Waals surface area contributed by atoms with Crippen LogP contribution in [0.15, 0.2) is 24.3 Å². The summed E-state index contributed by atoms with van der Waals surface area (Å²) >= 11 is 6.01. The molecule has 3 rings (SSSR count). The highest BCUT2D eigenvalue weighted by molar-refractivity contribution is 6.30. The van der Waals surface area contributed by atoms with Crippen LogP contribution in [0.2, 0.25) is 5.02 Å². The van der Waals surface area contributed by atoms with Crippen LogP contribution < -0.4 is 11.1 Å². The van der Waals surface area contributed by atoms with E-state index < -0.39 is 0 Å². The predicted octanol–water partition coefficient (Wildman–Crippen LogP) is 1.96. The Balaban J connectivity index is 1.65. The van der Waals surface area contributed by atoms with Crippen LogP contribution in [0.25, 0.3) is 0 Å². The summed E-state index contributed by atoms with van der Waals surface area (Å²) in [6.07, 6.45) is 2.65. The van der Waals surface area contributed by atoms with Crippen LogP contribution in [-0.2, 0) is 9.53 Å². The van der Waals surface area contributed by atoms with Crippen LogP contribution in [0.4, 0.5) is 0 Å². The molecule has 1 amide bonds. The average Bonchev–Trinajstić information content (AvgIpc) is 3.04. The zero-order chi connectivity index (χ0) is 16.9. The fourth-order valence-corrected chi connectivity index (χ4v) is 3.75. The number of ether oxygens (including phenoxy) is 1. The molecule has 1 aliphatic heterocycles. The predicted molar refractivity (Wildman–Crippen MR) is 94.9 cm³/mol. The van der Waals surface area contributed by atoms with Gasteiger partial charge >= 0.3 is 0 Å². The smallest absolute Gasteiger partial charge is 0.223 e. The molecular formula is C18H26ClN3O2. The number of nitrogens with one attached hydrogen (secondary N) is 1. The monoisotopic (exact) mass is 351 g/mol. The normalized spacial score (nSPS) is 26.2. The maximum Gasteiger partial charge on any atom is 0.223 e. The highest BCUT2D eigenvalue weighted by atomic mass is 35.5. The second kappa shape index (κ2) is 8.30. The lowest BCUT2D eigenvalue weighted by molar-refractivity contribution is -0.125. The van der Waals surface area contributed by atoms with Gasteiger partial charge in [0.15, 0.2) is 0 Å². The molecule has 132 valence electrons. The van der Waals surface area contributed by atoms with Gasteiger partial charge in [0.1, 0.15) is 0 Å². The molecule has 1 aromatic rings. The minimum Gasteiger partial charge on any atom is -0.379 e. The summed E-state index contributed by atoms with van der Waals surface area (Å²) < 4.78 is 5.46. The van der Waals surface area contributed by atoms with E-state index in [1.807, 2.05) is 24.3 Å². The van der Waals surface area contributed by atoms with E-state index in [2.05, 4.69) is 10.2 Å². The first-order valence-electron chi connectivity index (χ1n) is 8.74. The van der Waals surface area contributed by atoms with Crippen LogP contribution >= 0.6 is 11.6 Å². The molecule has 3 N–H and O–H groups in total. The zero-order valence-electron chi connectivity index (χ0n) is 13.9. The van der Waals surface area contributed by atoms with E-state index in [4.69, 9.17) is 22.1 Å². The first-order valence-corrected chi connectivity index (χ1v) is 9.12. The number of hydrogen-bond acceptors (Lipinski definition) is 4. The van der Waals surface area contributed by atoms with Gasteiger partial charge in [-0.2, -0.15) is 0 Å². The van der Waals surface area contributed by atoms with Gasteiger partial charge in [-0.05, 0) is 37.0 Å². The molecule has 5 nitrogen and oxygen atoms in total. The maximum absolute atomic E-state index is 12.4. The summed E-state index contributed by atoms with van der Waals surface area (Å²) in [4.78, 5) is 14.8. The van der Waals surface area contributed by atoms with Crippen LogP contribution in [0.1, 0.15) is 30.9 Å². The second-order valence-electron chi connectivity index (χ2n) is 6.73. The molecule has 1 saturated heterocycles. The van der Waals surface area contributed by atoms with E-state index in [0.29, 0.717) is 6.54 Å². The summed E-state index contributed by atoms with van der Waals surface area (Å²) in [6, 6.07) is 8.21. The minimum atomic E-state index is 0.0653. The lowest BCUT2D eigenvalue weighted by Gasteiger charge is -2.35. The Morgan fingerprint density at radius 1 is 1.29 bits per heavy atom. The Morgan fingerprint density at radius 2 is 2.00 bits per heavy atom. The van der Waals surface area contributed by atoms with Gasteiger partial charge in [-0.3, -0.25) is 9.69 Å². The summed E-state index contributed by atoms with van der Waals surface area (Å²) in [6.45, 7) is 3.81. The molecule has 24 heavy (non-hydrogen) atoms. The van der Waals surface area contributed by atoms with Crippen molar-refractivity contribution < 1.29 is 9.53 Å². The van der Waals surface area contributed by atoms with Gasteiger partial charge in [-0.25, -0.2) is 0 Å². The maximum atomic E-state index is 12.4. The zero-order valence-corrected chi connectivity index (χ0v) is 14.7. The Hall–Kier alpha value is -1.14. The number of amides is 1. The number of carbonyl (C=O) groups is 1. The van der Waals surface area contributed by atoms with Crippen molar-refractivity contribution in [3.05, 3.63) is 34.9 Å². The van der Waals surface area contributed by atoms with Gasteiger partial charge < -0.3 is 15.8 Å². The van der Waals surface area contributed by atoms with Crippen molar-refractivity contribution in [2.75, 3.05) is 32.8 Å². The van der Waals surface area contributed by atoms with Crippen LogP contribution in [0, 0.1) is 5.92 Å². The summed E-state index contributed by atoms with van der Waals surface area (Å²) in [7, 11) is 0. The largest absolute Gasteiger partial charge is 0.379 e. The number of rotatable bonds is 5. The standard InChI is InChI=1S/C18H26ClN3O2/c19-15-4-1-13(2-5-15)17(22-7-9-24-10-8-22)12-21-18(23)14-3-6-16(20)11-14/h1-2,4-5,14,16-17H,3,6-12,20H2,(H,21,23). The molecule has 2 fully saturated rings. The number of halogens is 1. The van der Waals surface area contributed by atoms with Gasteiger partial charge in [0.05, 0.1) is 19.3 Å². The quantitative estimate of drug-likeness (QED) is 0.851. The molecule has 0 spiro atoms. The summed E-state index contributed by atoms with van der Waals surface area (Å²) in [5, 5.41) is 3.87. The highest BCUT2D eigenvalue weighted by Gasteiger charge is 2.29. The van der Waals surface area contributed by atoms with Crippen molar-refractivity contribution in [1.29, 1.82) is 0 Å². The topological polar surface area (TPSA) is 67.6 Å². The number of carbonyl (C=O) groups excluding carboxylic acids is 1. The molecule has 3 atom stereocenters. The number of nitrogens with two attached hydrogens (primary N) is 1. The third kappa shape index (κ3) is 4.48. The van der Waals surface area contributed by atoms with Crippen molar-refractivity contribution in [3.8, 4) is 0 Å². The minimum absolute atomic E-state index is 0.0653. The lowest BCUT2D eigenvalue weighted by Crippen LogP contribution is -2.44. The molecule has 0 aromatic heterocycles. The Kier molecular flexibility index (Phi) is 6.11. The van der Waals surface area contributed by atoms with Gasteiger partial charge in [0.25, 0.3) is 0 Å². The van der Waals surface area contributed by atoms with Crippen molar-refractivity contribution >= 4 is 17.5 Å². The van der Waals surface area contributed by atoms with Crippen LogP contribution in [0.5, 0.6) is 0 Å². The van der Waals surface area contributed by atoms with Gasteiger partial charge in [0.2, 0.25) is 5.91 Å². The van der Waals surface area contributed by atoms with E-state index >= 15 is 0 Å². The van der Waals surface area contributed by atoms with Gasteiger partial charge in [0, 0.05) is 36.6 Å². The second-order valence-corrected chi connectivity index (χ2v) is 7.17. The van der Waals surface area contributed by atoms with Crippen LogP contribution in [0.3, 0.4) is 0 Å². The molecule has 3 unspecified atom stereocenters. The third-order valence-corrected chi connectivity index (χ3v) is 5.31. The molecule has 2 aliphatic rings. The average molecular weight is 352 g/mol. The van der Waals surface area contributed by atoms with Crippen molar-refractivity contribution in [3.63, 3.8) is 0 Å². The molecule has 1 heterocycles. The first-order chi connectivity index (χ1) is 11.6. The number of hydrogen-bond donors (Lipinski definition) is 2. The van der Waals surface area contributed by atoms with E-state index in [1.165, 1.54) is 5.56 Å². The molecular weight excluding hydrogens is 326 g/mol. The van der Waals surface area contributed by atoms with E-state index in [-0.39, 0.29) is 23.9 Å². The molecule has 1 aliphatic carbocycles. The van der Waals surface area contributed by atoms with Gasteiger partial charge in [-0.1, -0.05) is 23.7 Å². The molecule has 1 aromatic carbocycles.